The molecule has 0 spiro atoms. The summed E-state index contributed by atoms with van der Waals surface area (Å²) in [6, 6.07) is 30.7. The molecule has 0 saturated carbocycles. The van der Waals surface area contributed by atoms with E-state index in [0.29, 0.717) is 27.8 Å². The highest BCUT2D eigenvalue weighted by Crippen LogP contribution is 2.26. The van der Waals surface area contributed by atoms with Crippen molar-refractivity contribution in [1.82, 2.24) is 5.32 Å². The minimum absolute atomic E-state index is 0.0800. The van der Waals surface area contributed by atoms with Crippen LogP contribution in [0.5, 0.6) is 0 Å². The molecule has 0 aromatic heterocycles. The van der Waals surface area contributed by atoms with Gasteiger partial charge >= 0.3 is 0 Å². The molecule has 42 heavy (non-hydrogen) atoms. The molecule has 0 radical (unpaired) electrons. The maximum Gasteiger partial charge on any atom is 0.272 e. The molecule has 6 nitrogen and oxygen atoms in total. The molecule has 0 aliphatic carbocycles. The van der Waals surface area contributed by atoms with Crippen molar-refractivity contribution in [3.8, 4) is 0 Å². The lowest BCUT2D eigenvalue weighted by Gasteiger charge is -2.14. The number of benzene rings is 4. The van der Waals surface area contributed by atoms with Gasteiger partial charge in [-0.25, -0.2) is 0 Å². The van der Waals surface area contributed by atoms with E-state index in [4.69, 9.17) is 11.6 Å². The van der Waals surface area contributed by atoms with Gasteiger partial charge in [0.15, 0.2) is 0 Å². The van der Waals surface area contributed by atoms with Crippen LogP contribution in [0.1, 0.15) is 48.2 Å². The van der Waals surface area contributed by atoms with Crippen molar-refractivity contribution in [2.45, 2.75) is 36.8 Å². The summed E-state index contributed by atoms with van der Waals surface area (Å²) in [6.45, 7) is 6.11. The van der Waals surface area contributed by atoms with Gasteiger partial charge in [0.25, 0.3) is 11.8 Å². The third-order valence-corrected chi connectivity index (χ3v) is 7.71. The number of rotatable bonds is 10. The largest absolute Gasteiger partial charge is 0.325 e. The smallest absolute Gasteiger partial charge is 0.272 e. The van der Waals surface area contributed by atoms with Crippen LogP contribution in [0, 0.1) is 0 Å². The molecule has 0 fully saturated rings. The second-order valence-electron chi connectivity index (χ2n) is 9.93. The summed E-state index contributed by atoms with van der Waals surface area (Å²) < 4.78 is 0. The average molecular weight is 598 g/mol. The zero-order valence-corrected chi connectivity index (χ0v) is 25.1. The molecule has 3 amide bonds. The number of thioether (sulfide) groups is 1. The van der Waals surface area contributed by atoms with Crippen LogP contribution in [0.2, 0.25) is 5.02 Å². The van der Waals surface area contributed by atoms with Crippen LogP contribution in [-0.4, -0.2) is 23.0 Å². The first-order chi connectivity index (χ1) is 20.2. The maximum absolute atomic E-state index is 13.3. The number of anilines is 2. The van der Waals surface area contributed by atoms with Gasteiger partial charge in [0.05, 0.1) is 5.25 Å². The fourth-order valence-corrected chi connectivity index (χ4v) is 4.93. The lowest BCUT2D eigenvalue weighted by Crippen LogP contribution is -2.30. The van der Waals surface area contributed by atoms with Gasteiger partial charge in [0.1, 0.15) is 5.70 Å². The number of carbonyl (C=O) groups excluding carboxylic acids is 3. The van der Waals surface area contributed by atoms with Gasteiger partial charge < -0.3 is 16.0 Å². The van der Waals surface area contributed by atoms with E-state index in [0.717, 1.165) is 10.6 Å². The van der Waals surface area contributed by atoms with Crippen LogP contribution in [-0.2, 0) is 9.59 Å². The highest BCUT2D eigenvalue weighted by Gasteiger charge is 2.17. The quantitative estimate of drug-likeness (QED) is 0.128. The fourth-order valence-electron chi connectivity index (χ4n) is 3.94. The van der Waals surface area contributed by atoms with E-state index in [1.165, 1.54) is 17.3 Å². The topological polar surface area (TPSA) is 87.3 Å². The molecule has 1 atom stereocenters. The van der Waals surface area contributed by atoms with E-state index in [1.54, 1.807) is 66.7 Å². The van der Waals surface area contributed by atoms with Crippen molar-refractivity contribution < 1.29 is 14.4 Å². The first-order valence-electron chi connectivity index (χ1n) is 13.5. The summed E-state index contributed by atoms with van der Waals surface area (Å²) >= 11 is 7.42. The Labute approximate surface area is 255 Å². The third-order valence-electron chi connectivity index (χ3n) is 6.35. The van der Waals surface area contributed by atoms with E-state index in [9.17, 15) is 14.4 Å². The summed E-state index contributed by atoms with van der Waals surface area (Å²) in [5.41, 5.74) is 3.73. The Morgan fingerprint density at radius 1 is 0.738 bits per heavy atom. The summed E-state index contributed by atoms with van der Waals surface area (Å²) in [4.78, 5) is 39.7. The second-order valence-corrected chi connectivity index (χ2v) is 11.8. The van der Waals surface area contributed by atoms with Crippen molar-refractivity contribution in [3.63, 3.8) is 0 Å². The molecular weight excluding hydrogens is 566 g/mol. The van der Waals surface area contributed by atoms with E-state index < -0.39 is 11.8 Å². The standard InChI is InChI=1S/C34H32ClN3O3S/c1-22(2)25-11-15-28(16-12-25)36-32(39)23(3)42-30-19-17-29(18-20-30)37-34(41)31(21-24-9-13-27(35)14-10-24)38-33(40)26-7-5-4-6-8-26/h4-23H,1-3H3,(H,36,39)(H,37,41)(H,38,40)/b31-21-. The number of carbonyl (C=O) groups is 3. The van der Waals surface area contributed by atoms with Gasteiger partial charge in [-0.1, -0.05) is 67.9 Å². The minimum atomic E-state index is -0.481. The zero-order chi connectivity index (χ0) is 30.1. The Balaban J connectivity index is 1.40. The minimum Gasteiger partial charge on any atom is -0.325 e. The normalized spacial score (nSPS) is 12.0. The average Bonchev–Trinajstić information content (AvgIpc) is 2.99. The molecule has 8 heteroatoms. The molecule has 1 unspecified atom stereocenters. The molecule has 3 N–H and O–H groups in total. The predicted octanol–water partition coefficient (Wildman–Crippen LogP) is 7.99. The van der Waals surface area contributed by atoms with Crippen molar-refractivity contribution in [1.29, 1.82) is 0 Å². The molecule has 0 aliphatic rings. The Bertz CT molecular complexity index is 1550. The summed E-state index contributed by atoms with van der Waals surface area (Å²) in [7, 11) is 0. The zero-order valence-electron chi connectivity index (χ0n) is 23.6. The van der Waals surface area contributed by atoms with Gasteiger partial charge in [-0.15, -0.1) is 11.8 Å². The summed E-state index contributed by atoms with van der Waals surface area (Å²) in [5, 5.41) is 8.76. The van der Waals surface area contributed by atoms with E-state index >= 15 is 0 Å². The maximum atomic E-state index is 13.3. The van der Waals surface area contributed by atoms with Crippen LogP contribution in [0.25, 0.3) is 6.08 Å². The number of amides is 3. The lowest BCUT2D eigenvalue weighted by molar-refractivity contribution is -0.115. The van der Waals surface area contributed by atoms with Gasteiger partial charge in [-0.05, 0) is 90.7 Å². The molecule has 0 heterocycles. The highest BCUT2D eigenvalue weighted by atomic mass is 35.5. The van der Waals surface area contributed by atoms with Gasteiger partial charge in [0, 0.05) is 26.9 Å². The summed E-state index contributed by atoms with van der Waals surface area (Å²) in [6.07, 6.45) is 1.59. The van der Waals surface area contributed by atoms with Gasteiger partial charge in [0.2, 0.25) is 5.91 Å². The molecular formula is C34H32ClN3O3S. The van der Waals surface area contributed by atoms with E-state index in [-0.39, 0.29) is 16.9 Å². The molecule has 0 saturated heterocycles. The fraction of sp³-hybridized carbons (Fsp3) is 0.147. The highest BCUT2D eigenvalue weighted by molar-refractivity contribution is 8.00. The molecule has 4 rings (SSSR count). The van der Waals surface area contributed by atoms with Crippen LogP contribution >= 0.6 is 23.4 Å². The van der Waals surface area contributed by atoms with Gasteiger partial charge in [-0.3, -0.25) is 14.4 Å². The van der Waals surface area contributed by atoms with Crippen molar-refractivity contribution in [3.05, 3.63) is 131 Å². The van der Waals surface area contributed by atoms with E-state index in [1.807, 2.05) is 49.4 Å². The van der Waals surface area contributed by atoms with Crippen LogP contribution in [0.15, 0.2) is 114 Å². The summed E-state index contributed by atoms with van der Waals surface area (Å²) in [5.74, 6) is -0.552. The molecule has 214 valence electrons. The monoisotopic (exact) mass is 597 g/mol. The SMILES string of the molecule is CC(Sc1ccc(NC(=O)/C(=C/c2ccc(Cl)cc2)NC(=O)c2ccccc2)cc1)C(=O)Nc1ccc(C(C)C)cc1. The van der Waals surface area contributed by atoms with Crippen molar-refractivity contribution in [2.75, 3.05) is 10.6 Å². The molecule has 4 aromatic carbocycles. The molecule has 0 bridgehead atoms. The number of halogens is 1. The first-order valence-corrected chi connectivity index (χ1v) is 14.8. The van der Waals surface area contributed by atoms with Crippen molar-refractivity contribution >= 4 is 58.5 Å². The second kappa shape index (κ2) is 14.5. The number of nitrogens with one attached hydrogen (secondary N) is 3. The van der Waals surface area contributed by atoms with E-state index in [2.05, 4.69) is 29.8 Å². The first kappa shape index (κ1) is 30.6. The Kier molecular flexibility index (Phi) is 10.6. The predicted molar refractivity (Wildman–Crippen MR) is 173 cm³/mol. The lowest BCUT2D eigenvalue weighted by atomic mass is 10.0. The third kappa shape index (κ3) is 8.83. The van der Waals surface area contributed by atoms with Crippen LogP contribution in [0.4, 0.5) is 11.4 Å². The molecule has 4 aromatic rings. The van der Waals surface area contributed by atoms with Crippen LogP contribution in [0.3, 0.4) is 0 Å². The molecule has 0 aliphatic heterocycles. The number of hydrogen-bond donors (Lipinski definition) is 3. The van der Waals surface area contributed by atoms with Crippen LogP contribution < -0.4 is 16.0 Å². The Hall–Kier alpha value is -4.33. The van der Waals surface area contributed by atoms with Gasteiger partial charge in [-0.2, -0.15) is 0 Å². The Morgan fingerprint density at radius 3 is 1.95 bits per heavy atom. The Morgan fingerprint density at radius 2 is 1.33 bits per heavy atom. The van der Waals surface area contributed by atoms with Crippen molar-refractivity contribution in [2.24, 2.45) is 0 Å². The number of hydrogen-bond acceptors (Lipinski definition) is 4.